The molecule has 47 heavy (non-hydrogen) atoms. The third kappa shape index (κ3) is 9.76. The minimum absolute atomic E-state index is 0.0857. The average molecular weight is 653 g/mol. The molecular formula is C39H46N3O4S-. The van der Waals surface area contributed by atoms with E-state index in [0.29, 0.717) is 30.4 Å². The van der Waals surface area contributed by atoms with Gasteiger partial charge in [-0.1, -0.05) is 103 Å². The van der Waals surface area contributed by atoms with Crippen molar-refractivity contribution in [2.75, 3.05) is 39.8 Å². The van der Waals surface area contributed by atoms with Crippen LogP contribution in [0.25, 0.3) is 11.1 Å². The molecule has 5 rings (SSSR count). The molecule has 1 heterocycles. The topological polar surface area (TPSA) is 84.0 Å². The zero-order valence-electron chi connectivity index (χ0n) is 27.3. The number of carboxylic acid groups (broad SMARTS) is 1. The van der Waals surface area contributed by atoms with E-state index in [9.17, 15) is 18.3 Å². The zero-order chi connectivity index (χ0) is 33.1. The van der Waals surface area contributed by atoms with E-state index in [4.69, 9.17) is 0 Å². The molecule has 1 aliphatic heterocycles. The van der Waals surface area contributed by atoms with Crippen molar-refractivity contribution < 1.29 is 18.3 Å². The molecule has 248 valence electrons. The van der Waals surface area contributed by atoms with Gasteiger partial charge in [-0.25, -0.2) is 12.7 Å². The van der Waals surface area contributed by atoms with Crippen molar-refractivity contribution >= 4 is 16.1 Å². The number of likely N-dealkylation sites (N-methyl/N-ethyl adjacent to an activating group) is 1. The van der Waals surface area contributed by atoms with Crippen LogP contribution >= 0.6 is 0 Å². The smallest absolute Gasteiger partial charge is 0.242 e. The highest BCUT2D eigenvalue weighted by Crippen LogP contribution is 2.27. The summed E-state index contributed by atoms with van der Waals surface area (Å²) in [7, 11) is -1.89. The fourth-order valence-electron chi connectivity index (χ4n) is 6.57. The van der Waals surface area contributed by atoms with E-state index in [0.717, 1.165) is 74.0 Å². The van der Waals surface area contributed by atoms with E-state index in [1.807, 2.05) is 66.7 Å². The molecule has 1 saturated heterocycles. The predicted molar refractivity (Wildman–Crippen MR) is 186 cm³/mol. The fourth-order valence-corrected chi connectivity index (χ4v) is 7.80. The van der Waals surface area contributed by atoms with Gasteiger partial charge in [0.2, 0.25) is 10.0 Å². The van der Waals surface area contributed by atoms with Crippen LogP contribution in [0.1, 0.15) is 49.1 Å². The first-order chi connectivity index (χ1) is 22.8. The molecule has 7 nitrogen and oxygen atoms in total. The Morgan fingerprint density at radius 2 is 1.40 bits per heavy atom. The Morgan fingerprint density at radius 3 is 2.02 bits per heavy atom. The lowest BCUT2D eigenvalue weighted by Crippen LogP contribution is -2.41. The Hall–Kier alpha value is -3.98. The predicted octanol–water partition coefficient (Wildman–Crippen LogP) is 6.49. The molecule has 4 aromatic carbocycles. The van der Waals surface area contributed by atoms with E-state index >= 15 is 0 Å². The van der Waals surface area contributed by atoms with Crippen LogP contribution in [-0.2, 0) is 16.6 Å². The summed E-state index contributed by atoms with van der Waals surface area (Å²) in [5.74, 6) is 0.662. The van der Waals surface area contributed by atoms with E-state index in [-0.39, 0.29) is 5.92 Å². The number of rotatable bonds is 15. The van der Waals surface area contributed by atoms with Gasteiger partial charge in [0.05, 0.1) is 4.90 Å². The van der Waals surface area contributed by atoms with Crippen LogP contribution in [0, 0.1) is 5.92 Å². The van der Waals surface area contributed by atoms with Crippen LogP contribution in [0.15, 0.2) is 120 Å². The maximum absolute atomic E-state index is 13.2. The summed E-state index contributed by atoms with van der Waals surface area (Å²) < 4.78 is 28.0. The van der Waals surface area contributed by atoms with Gasteiger partial charge in [-0.2, -0.15) is 0 Å². The molecule has 1 aliphatic rings. The summed E-state index contributed by atoms with van der Waals surface area (Å²) in [6.45, 7) is 4.14. The number of carbonyl (C=O) groups is 1. The number of benzene rings is 4. The van der Waals surface area contributed by atoms with Crippen LogP contribution in [-0.4, -0.2) is 68.4 Å². The normalized spacial score (nSPS) is 15.0. The Bertz CT molecular complexity index is 1630. The van der Waals surface area contributed by atoms with E-state index in [1.54, 1.807) is 31.3 Å². The van der Waals surface area contributed by atoms with Crippen molar-refractivity contribution in [2.45, 2.75) is 49.5 Å². The molecule has 0 aromatic heterocycles. The standard InChI is InChI=1S/C39H47N3O4S/c1-40(47(45,46)38-17-9-4-10-18-38)31-37(35-15-7-3-8-16-35)25-29-41-27-23-32(24-28-41)12-11-26-42(39(43)44)30-33-19-21-36(22-20-33)34-13-5-2-6-14-34/h2-10,13-22,32,37H,11-12,23-31H2,1H3,(H,43,44)/p-1. The molecule has 0 radical (unpaired) electrons. The molecular weight excluding hydrogens is 607 g/mol. The second-order valence-corrected chi connectivity index (χ2v) is 14.7. The van der Waals surface area contributed by atoms with Crippen LogP contribution in [0.5, 0.6) is 0 Å². The van der Waals surface area contributed by atoms with Gasteiger partial charge in [-0.05, 0) is 98.0 Å². The van der Waals surface area contributed by atoms with Gasteiger partial charge in [0, 0.05) is 26.7 Å². The first-order valence-corrected chi connectivity index (χ1v) is 18.1. The highest BCUT2D eigenvalue weighted by molar-refractivity contribution is 7.89. The zero-order valence-corrected chi connectivity index (χ0v) is 28.1. The van der Waals surface area contributed by atoms with Crippen molar-refractivity contribution in [3.63, 3.8) is 0 Å². The summed E-state index contributed by atoms with van der Waals surface area (Å²) in [4.78, 5) is 16.1. The molecule has 8 heteroatoms. The maximum atomic E-state index is 13.2. The van der Waals surface area contributed by atoms with Crippen molar-refractivity contribution in [1.82, 2.24) is 14.1 Å². The summed E-state index contributed by atoms with van der Waals surface area (Å²) in [6.07, 6.45) is 3.74. The molecule has 0 aliphatic carbocycles. The fraction of sp³-hybridized carbons (Fsp3) is 0.359. The van der Waals surface area contributed by atoms with Gasteiger partial charge in [0.25, 0.3) is 0 Å². The molecule has 0 bridgehead atoms. The Morgan fingerprint density at radius 1 is 0.830 bits per heavy atom. The van der Waals surface area contributed by atoms with E-state index < -0.39 is 16.1 Å². The number of amides is 1. The summed E-state index contributed by atoms with van der Waals surface area (Å²) in [6, 6.07) is 37.1. The quantitative estimate of drug-likeness (QED) is 0.147. The van der Waals surface area contributed by atoms with Crippen LogP contribution < -0.4 is 5.11 Å². The minimum atomic E-state index is -3.57. The highest BCUT2D eigenvalue weighted by atomic mass is 32.2. The second kappa shape index (κ2) is 16.7. The van der Waals surface area contributed by atoms with Crippen molar-refractivity contribution in [2.24, 2.45) is 5.92 Å². The molecule has 1 fully saturated rings. The van der Waals surface area contributed by atoms with Crippen LogP contribution in [0.4, 0.5) is 4.79 Å². The number of nitrogens with zero attached hydrogens (tertiary/aromatic N) is 3. The number of likely N-dealkylation sites (tertiary alicyclic amines) is 1. The number of hydrogen-bond acceptors (Lipinski definition) is 5. The van der Waals surface area contributed by atoms with Gasteiger partial charge < -0.3 is 19.7 Å². The third-order valence-corrected chi connectivity index (χ3v) is 11.3. The maximum Gasteiger partial charge on any atom is 0.242 e. The SMILES string of the molecule is CN(CC(CCN1CCC(CCCN(Cc2ccc(-c3ccccc3)cc2)C(=O)[O-])CC1)c1ccccc1)S(=O)(=O)c1ccccc1. The molecule has 0 N–H and O–H groups in total. The number of hydrogen-bond donors (Lipinski definition) is 0. The monoisotopic (exact) mass is 652 g/mol. The lowest BCUT2D eigenvalue weighted by atomic mass is 9.91. The van der Waals surface area contributed by atoms with Gasteiger partial charge in [0.1, 0.15) is 6.09 Å². The van der Waals surface area contributed by atoms with E-state index in [1.165, 1.54) is 9.21 Å². The molecule has 4 aromatic rings. The molecule has 1 unspecified atom stereocenters. The number of carbonyl (C=O) groups excluding carboxylic acids is 1. The van der Waals surface area contributed by atoms with Gasteiger partial charge in [0.15, 0.2) is 0 Å². The number of piperidine rings is 1. The Kier molecular flexibility index (Phi) is 12.2. The average Bonchev–Trinajstić information content (AvgIpc) is 3.11. The summed E-state index contributed by atoms with van der Waals surface area (Å²) in [5, 5.41) is 11.9. The largest absolute Gasteiger partial charge is 0.530 e. The first kappa shape index (κ1) is 34.4. The van der Waals surface area contributed by atoms with Gasteiger partial charge >= 0.3 is 0 Å². The van der Waals surface area contributed by atoms with Gasteiger partial charge in [-0.15, -0.1) is 0 Å². The van der Waals surface area contributed by atoms with E-state index in [2.05, 4.69) is 29.2 Å². The summed E-state index contributed by atoms with van der Waals surface area (Å²) >= 11 is 0. The molecule has 0 spiro atoms. The molecule has 1 atom stereocenters. The van der Waals surface area contributed by atoms with Crippen LogP contribution in [0.2, 0.25) is 0 Å². The van der Waals surface area contributed by atoms with Crippen molar-refractivity contribution in [3.05, 3.63) is 126 Å². The third-order valence-electron chi connectivity index (χ3n) is 9.43. The van der Waals surface area contributed by atoms with Crippen molar-refractivity contribution in [3.8, 4) is 11.1 Å². The van der Waals surface area contributed by atoms with Gasteiger partial charge in [-0.3, -0.25) is 0 Å². The first-order valence-electron chi connectivity index (χ1n) is 16.7. The Labute approximate surface area is 280 Å². The van der Waals surface area contributed by atoms with Crippen LogP contribution in [0.3, 0.4) is 0 Å². The number of sulfonamides is 1. The minimum Gasteiger partial charge on any atom is -0.530 e. The lowest BCUT2D eigenvalue weighted by Gasteiger charge is -2.34. The molecule has 1 amide bonds. The molecule has 0 saturated carbocycles. The lowest BCUT2D eigenvalue weighted by molar-refractivity contribution is -0.266. The van der Waals surface area contributed by atoms with Crippen molar-refractivity contribution in [1.29, 1.82) is 0 Å². The highest BCUT2D eigenvalue weighted by Gasteiger charge is 2.26. The summed E-state index contributed by atoms with van der Waals surface area (Å²) in [5.41, 5.74) is 4.36. The second-order valence-electron chi connectivity index (χ2n) is 12.7. The Balaban J connectivity index is 1.07.